The zero-order valence-corrected chi connectivity index (χ0v) is 35.6. The number of nitrogens with zero attached hydrogens (tertiary/aromatic N) is 1. The molecule has 0 aliphatic rings. The van der Waals surface area contributed by atoms with Crippen molar-refractivity contribution in [3.63, 3.8) is 0 Å². The van der Waals surface area contributed by atoms with Crippen LogP contribution >= 0.6 is 0 Å². The Bertz CT molecular complexity index is 1150. The molecule has 14 nitrogen and oxygen atoms in total. The predicted molar refractivity (Wildman–Crippen MR) is 94.3 cm³/mol. The Morgan fingerprint density at radius 1 is 0.641 bits per heavy atom. The Balaban J connectivity index is -0.0000000450. The van der Waals surface area contributed by atoms with Gasteiger partial charge in [-0.2, -0.15) is 22.0 Å². The van der Waals surface area contributed by atoms with Crippen LogP contribution in [0.4, 0.5) is 30.7 Å². The number of halogens is 7. The third kappa shape index (κ3) is 58.5. The Labute approximate surface area is 345 Å². The fourth-order valence-electron chi connectivity index (χ4n) is 0.670. The number of hydrogen-bond acceptors (Lipinski definition) is 13. The molecule has 0 unspecified atom stereocenters. The maximum Gasteiger partial charge on any atom is 1.00 e. The zero-order chi connectivity index (χ0) is 29.4. The van der Waals surface area contributed by atoms with E-state index in [1.807, 2.05) is 0 Å². The van der Waals surface area contributed by atoms with Crippen molar-refractivity contribution in [2.24, 2.45) is 0 Å². The van der Waals surface area contributed by atoms with Gasteiger partial charge in [-0.15, -0.1) is 0 Å². The molecule has 0 aromatic rings. The van der Waals surface area contributed by atoms with Gasteiger partial charge in [-0.05, 0) is 6.92 Å². The third-order valence-corrected chi connectivity index (χ3v) is 4.74. The van der Waals surface area contributed by atoms with Crippen LogP contribution < -0.4 is 140 Å². The van der Waals surface area contributed by atoms with Crippen LogP contribution in [0.2, 0.25) is 0 Å². The van der Waals surface area contributed by atoms with Crippen molar-refractivity contribution in [3.05, 3.63) is 4.13 Å². The molecular weight excluding hydrogens is 827 g/mol. The van der Waals surface area contributed by atoms with Crippen LogP contribution in [0.1, 0.15) is 13.3 Å². The number of hydrogen-bond donors (Lipinski definition) is 0. The first-order chi connectivity index (χ1) is 13.9. The summed E-state index contributed by atoms with van der Waals surface area (Å²) < 4.78 is 207. The van der Waals surface area contributed by atoms with Gasteiger partial charge in [-0.1, -0.05) is 0 Å². The molecule has 222 valence electrons. The summed E-state index contributed by atoms with van der Waals surface area (Å²) in [6.07, 6.45) is -0.831. The molecule has 0 rings (SSSR count). The average molecular weight is 841 g/mol. The monoisotopic (exact) mass is 840 g/mol. The normalized spacial score (nSPS) is 12.1. The van der Waals surface area contributed by atoms with Crippen LogP contribution in [0.15, 0.2) is 0 Å². The van der Waals surface area contributed by atoms with Crippen molar-refractivity contribution in [2.45, 2.75) is 30.0 Å². The fourth-order valence-corrected chi connectivity index (χ4v) is 2.86. The van der Waals surface area contributed by atoms with Crippen LogP contribution in [0.3, 0.4) is 0 Å². The maximum atomic E-state index is 12.0. The first kappa shape index (κ1) is 66.0. The predicted octanol–water partition coefficient (Wildman–Crippen LogP) is -12.3. The van der Waals surface area contributed by atoms with Gasteiger partial charge in [0.2, 0.25) is 0 Å². The molecule has 0 heterocycles. The molecular formula is C8H14AgF7KNNa3O13S5+. The Kier molecular flexibility index (Phi) is 41.7. The van der Waals surface area contributed by atoms with Gasteiger partial charge in [-0.3, -0.25) is 0 Å². The summed E-state index contributed by atoms with van der Waals surface area (Å²) in [7, 11) is -24.3. The number of alkyl halides is 7. The van der Waals surface area contributed by atoms with E-state index in [-0.39, 0.29) is 176 Å². The third-order valence-electron chi connectivity index (χ3n) is 1.41. The molecule has 39 heavy (non-hydrogen) atoms. The van der Waals surface area contributed by atoms with E-state index in [2.05, 4.69) is 0 Å². The summed E-state index contributed by atoms with van der Waals surface area (Å²) >= 11 is 0. The molecule has 0 aliphatic carbocycles. The van der Waals surface area contributed by atoms with Crippen LogP contribution in [-0.4, -0.2) is 91.2 Å². The Morgan fingerprint density at radius 2 is 0.846 bits per heavy atom. The van der Waals surface area contributed by atoms with E-state index in [0.29, 0.717) is 12.5 Å². The second kappa shape index (κ2) is 24.6. The minimum absolute atomic E-state index is 0. The van der Waals surface area contributed by atoms with Gasteiger partial charge in [-0.25, -0.2) is 50.9 Å². The largest absolute Gasteiger partial charge is 1.00 e. The summed E-state index contributed by atoms with van der Waals surface area (Å²) in [5.74, 6) is -3.89. The van der Waals surface area contributed by atoms with E-state index >= 15 is 0 Å². The van der Waals surface area contributed by atoms with Crippen molar-refractivity contribution in [1.29, 1.82) is 0 Å². The molecule has 0 bridgehead atoms. The summed E-state index contributed by atoms with van der Waals surface area (Å²) in [5.41, 5.74) is -5.67. The molecule has 0 aromatic carbocycles. The summed E-state index contributed by atoms with van der Waals surface area (Å²) in [5, 5.41) is -4.91. The van der Waals surface area contributed by atoms with Gasteiger partial charge in [0.15, 0.2) is 20.1 Å². The van der Waals surface area contributed by atoms with Gasteiger partial charge >= 0.3 is 173 Å². The van der Waals surface area contributed by atoms with Crippen molar-refractivity contribution in [1.82, 2.24) is 0 Å². The topological polar surface area (TPSA) is 254 Å². The van der Waals surface area contributed by atoms with Crippen molar-refractivity contribution in [2.75, 3.05) is 18.8 Å². The summed E-state index contributed by atoms with van der Waals surface area (Å²) in [6.45, 7) is 0.103. The molecule has 0 saturated carbocycles. The molecule has 0 aromatic heterocycles. The van der Waals surface area contributed by atoms with Gasteiger partial charge in [0, 0.05) is 18.8 Å². The van der Waals surface area contributed by atoms with Crippen molar-refractivity contribution < 1.29 is 249 Å². The molecule has 0 saturated heterocycles. The molecule has 0 atom stereocenters. The van der Waals surface area contributed by atoms with Crippen LogP contribution in [0.25, 0.3) is 4.13 Å². The van der Waals surface area contributed by atoms with Gasteiger partial charge in [0.25, 0.3) is 5.92 Å². The molecule has 0 N–H and O–H groups in total. The molecule has 0 radical (unpaired) electrons. The molecule has 0 spiro atoms. The summed E-state index contributed by atoms with van der Waals surface area (Å²) in [4.78, 5) is 0. The molecule has 31 heteroatoms. The van der Waals surface area contributed by atoms with E-state index in [1.165, 1.54) is 0 Å². The van der Waals surface area contributed by atoms with E-state index in [1.54, 1.807) is 4.13 Å². The SMILES string of the molecule is CC(F)(F)CC(F)(F)S(=O)(=O)[O-].CS(=O)(=O)[N-]S(=O)(=O)C(F)(F)F.CS(=O)(=O)[O-].CS(=O)(=O)[O-].[Ag+].[K+].[Na+].[Na+].[Na+]. The minimum Gasteiger partial charge on any atom is -0.748 e. The van der Waals surface area contributed by atoms with Crippen LogP contribution in [-0.2, 0) is 72.8 Å². The maximum absolute atomic E-state index is 12.0. The zero-order valence-electron chi connectivity index (χ0n) is 21.0. The van der Waals surface area contributed by atoms with Gasteiger partial charge < -0.3 is 17.8 Å². The van der Waals surface area contributed by atoms with Crippen LogP contribution in [0, 0.1) is 0 Å². The average Bonchev–Trinajstić information content (AvgIpc) is 2.24. The molecule has 0 amide bonds. The van der Waals surface area contributed by atoms with Gasteiger partial charge in [0.1, 0.15) is 0 Å². The van der Waals surface area contributed by atoms with Crippen molar-refractivity contribution in [3.8, 4) is 0 Å². The Morgan fingerprint density at radius 3 is 0.897 bits per heavy atom. The van der Waals surface area contributed by atoms with E-state index in [0.717, 1.165) is 0 Å². The first-order valence-electron chi connectivity index (χ1n) is 6.69. The van der Waals surface area contributed by atoms with Gasteiger partial charge in [0.05, 0.1) is 36.7 Å². The quantitative estimate of drug-likeness (QED) is 0.142. The Hall–Kier alpha value is 4.48. The van der Waals surface area contributed by atoms with Crippen molar-refractivity contribution >= 4 is 50.4 Å². The first-order valence-corrected chi connectivity index (χ1v) is 15.0. The molecule has 0 aliphatic heterocycles. The molecule has 0 fully saturated rings. The standard InChI is InChI=1S/C4H6F4O3S.C2H3F3NO4S2.2CH4O3S.Ag.K.3Na/c1-3(5,6)2-4(7,8)12(9,10)11;1-11(7,8)6-12(9,10)2(3,4)5;2*1-5(2,3)4;;;;;/h2H2,1H3,(H,9,10,11);1H3;2*1H3,(H,2,3,4);;;;;/q;-1;;;5*+1/p-3. The number of rotatable bonds is 5. The minimum atomic E-state index is -6.00. The fraction of sp³-hybridized carbons (Fsp3) is 1.00. The number of sulfonamides is 2. The van der Waals surface area contributed by atoms with E-state index in [4.69, 9.17) is 25.9 Å². The second-order valence-electron chi connectivity index (χ2n) is 5.48. The van der Waals surface area contributed by atoms with Crippen LogP contribution in [0.5, 0.6) is 0 Å². The summed E-state index contributed by atoms with van der Waals surface area (Å²) in [6, 6.07) is 0. The smallest absolute Gasteiger partial charge is 0.748 e. The van der Waals surface area contributed by atoms with E-state index in [9.17, 15) is 60.5 Å². The van der Waals surface area contributed by atoms with E-state index < -0.39 is 73.5 Å². The second-order valence-corrected chi connectivity index (χ2v) is 13.3.